The Labute approximate surface area is 159 Å². The molecule has 2 aliphatic heterocycles. The molecule has 3 nitrogen and oxygen atoms in total. The van der Waals surface area contributed by atoms with Gasteiger partial charge in [0.1, 0.15) is 5.75 Å². The topological polar surface area (TPSA) is 35.8 Å². The highest BCUT2D eigenvalue weighted by Gasteiger charge is 2.58. The van der Waals surface area contributed by atoms with Gasteiger partial charge in [0.15, 0.2) is 11.5 Å². The number of rotatable bonds is 4. The van der Waals surface area contributed by atoms with Gasteiger partial charge < -0.3 is 5.11 Å². The maximum Gasteiger partial charge on any atom is 0.319 e. The number of fused-ring (bicyclic) bond motifs is 1. The van der Waals surface area contributed by atoms with E-state index in [-0.39, 0.29) is 16.3 Å². The first-order chi connectivity index (χ1) is 12.5. The van der Waals surface area contributed by atoms with Gasteiger partial charge in [-0.05, 0) is 5.56 Å². The average molecular weight is 368 g/mol. The standard InChI is InChI=1S/C22H27N2OS/c1-21(2)15-23-20-24(16-21)22(25,13-18-9-5-3-6-10-18)17-26(20)14-19-11-7-4-8-12-19/h3-12,25H,13-17H2,1-2H3/q+1. The van der Waals surface area contributed by atoms with Crippen LogP contribution in [0.15, 0.2) is 65.7 Å². The van der Waals surface area contributed by atoms with E-state index in [9.17, 15) is 5.11 Å². The minimum atomic E-state index is -0.838. The Morgan fingerprint density at radius 2 is 1.62 bits per heavy atom. The molecule has 0 aliphatic carbocycles. The van der Waals surface area contributed by atoms with Gasteiger partial charge in [-0.3, -0.25) is 4.90 Å². The third-order valence-electron chi connectivity index (χ3n) is 5.14. The fourth-order valence-electron chi connectivity index (χ4n) is 3.87. The lowest BCUT2D eigenvalue weighted by atomic mass is 9.90. The minimum absolute atomic E-state index is 0.0451. The van der Waals surface area contributed by atoms with Crippen LogP contribution in [0.4, 0.5) is 0 Å². The van der Waals surface area contributed by atoms with Crippen molar-refractivity contribution in [1.82, 2.24) is 4.90 Å². The van der Waals surface area contributed by atoms with E-state index < -0.39 is 5.72 Å². The lowest BCUT2D eigenvalue weighted by molar-refractivity contribution is -0.0572. The molecule has 1 N–H and O–H groups in total. The quantitative estimate of drug-likeness (QED) is 0.840. The predicted octanol–water partition coefficient (Wildman–Crippen LogP) is 3.45. The summed E-state index contributed by atoms with van der Waals surface area (Å²) in [4.78, 5) is 7.17. The molecule has 1 saturated heterocycles. The van der Waals surface area contributed by atoms with Crippen LogP contribution in [-0.4, -0.2) is 39.7 Å². The maximum atomic E-state index is 11.7. The molecule has 136 valence electrons. The van der Waals surface area contributed by atoms with E-state index in [1.54, 1.807) is 0 Å². The molecule has 0 amide bonds. The lowest BCUT2D eigenvalue weighted by Crippen LogP contribution is -2.54. The second-order valence-corrected chi connectivity index (χ2v) is 10.2. The van der Waals surface area contributed by atoms with E-state index in [0.717, 1.165) is 29.8 Å². The van der Waals surface area contributed by atoms with Crippen molar-refractivity contribution in [3.63, 3.8) is 0 Å². The smallest absolute Gasteiger partial charge is 0.319 e. The molecule has 0 spiro atoms. The van der Waals surface area contributed by atoms with Gasteiger partial charge in [0, 0.05) is 23.9 Å². The molecule has 2 unspecified atom stereocenters. The molecule has 2 aliphatic rings. The van der Waals surface area contributed by atoms with Gasteiger partial charge >= 0.3 is 5.17 Å². The van der Waals surface area contributed by atoms with E-state index in [1.165, 1.54) is 11.1 Å². The second kappa shape index (κ2) is 6.75. The van der Waals surface area contributed by atoms with Gasteiger partial charge in [-0.25, -0.2) is 4.99 Å². The van der Waals surface area contributed by atoms with Crippen LogP contribution in [-0.2, 0) is 23.1 Å². The molecule has 4 rings (SSSR count). The second-order valence-electron chi connectivity index (χ2n) is 8.26. The number of benzene rings is 2. The first kappa shape index (κ1) is 17.6. The average Bonchev–Trinajstić information content (AvgIpc) is 2.87. The summed E-state index contributed by atoms with van der Waals surface area (Å²) in [7, 11) is -0.0451. The van der Waals surface area contributed by atoms with Gasteiger partial charge in [0.05, 0.1) is 17.4 Å². The van der Waals surface area contributed by atoms with Gasteiger partial charge in [0.2, 0.25) is 0 Å². The summed E-state index contributed by atoms with van der Waals surface area (Å²) < 4.78 is 0. The van der Waals surface area contributed by atoms with Gasteiger partial charge in [0.25, 0.3) is 0 Å². The first-order valence-electron chi connectivity index (χ1n) is 9.25. The first-order valence-corrected chi connectivity index (χ1v) is 10.8. The molecular formula is C22H27N2OS+. The van der Waals surface area contributed by atoms with Gasteiger partial charge in [-0.2, -0.15) is 0 Å². The molecule has 0 bridgehead atoms. The maximum absolute atomic E-state index is 11.7. The molecule has 2 aromatic carbocycles. The molecule has 0 aromatic heterocycles. The van der Waals surface area contributed by atoms with Crippen molar-refractivity contribution < 1.29 is 5.11 Å². The normalized spacial score (nSPS) is 27.1. The molecule has 2 atom stereocenters. The van der Waals surface area contributed by atoms with Crippen LogP contribution in [0.2, 0.25) is 0 Å². The number of aliphatic hydroxyl groups is 1. The number of nitrogens with zero attached hydrogens (tertiary/aromatic N) is 2. The van der Waals surface area contributed by atoms with Crippen molar-refractivity contribution in [2.24, 2.45) is 10.4 Å². The zero-order chi connectivity index (χ0) is 18.2. The fraction of sp³-hybridized carbons (Fsp3) is 0.409. The lowest BCUT2D eigenvalue weighted by Gasteiger charge is -2.39. The number of hydrogen-bond donors (Lipinski definition) is 1. The molecular weight excluding hydrogens is 340 g/mol. The molecule has 4 heteroatoms. The summed E-state index contributed by atoms with van der Waals surface area (Å²) in [5, 5.41) is 12.8. The van der Waals surface area contributed by atoms with Gasteiger partial charge in [-0.15, -0.1) is 0 Å². The van der Waals surface area contributed by atoms with Crippen LogP contribution >= 0.6 is 0 Å². The molecule has 2 heterocycles. The van der Waals surface area contributed by atoms with Crippen molar-refractivity contribution in [2.45, 2.75) is 31.7 Å². The highest BCUT2D eigenvalue weighted by Crippen LogP contribution is 2.38. The Bertz CT molecular complexity index is 790. The van der Waals surface area contributed by atoms with Crippen LogP contribution in [0.5, 0.6) is 0 Å². The molecule has 2 aromatic rings. The predicted molar refractivity (Wildman–Crippen MR) is 110 cm³/mol. The molecule has 26 heavy (non-hydrogen) atoms. The summed E-state index contributed by atoms with van der Waals surface area (Å²) in [6.45, 7) is 6.19. The Balaban J connectivity index is 1.64. The van der Waals surface area contributed by atoms with Crippen molar-refractivity contribution in [3.8, 4) is 0 Å². The summed E-state index contributed by atoms with van der Waals surface area (Å²) >= 11 is 0. The molecule has 1 fully saturated rings. The number of aliphatic imine (C=N–C) groups is 1. The molecule has 0 saturated carbocycles. The Morgan fingerprint density at radius 3 is 2.27 bits per heavy atom. The highest BCUT2D eigenvalue weighted by molar-refractivity contribution is 8.10. The van der Waals surface area contributed by atoms with Crippen LogP contribution in [0.3, 0.4) is 0 Å². The molecule has 0 radical (unpaired) electrons. The highest BCUT2D eigenvalue weighted by atomic mass is 32.2. The third kappa shape index (κ3) is 3.53. The largest absolute Gasteiger partial charge is 0.366 e. The zero-order valence-electron chi connectivity index (χ0n) is 15.6. The zero-order valence-corrected chi connectivity index (χ0v) is 16.4. The van der Waals surface area contributed by atoms with Crippen LogP contribution in [0.1, 0.15) is 25.0 Å². The fourth-order valence-corrected chi connectivity index (χ4v) is 6.43. The Kier molecular flexibility index (Phi) is 4.57. The minimum Gasteiger partial charge on any atom is -0.366 e. The van der Waals surface area contributed by atoms with Crippen LogP contribution < -0.4 is 0 Å². The Hall–Kier alpha value is -1.78. The van der Waals surface area contributed by atoms with E-state index in [1.807, 2.05) is 18.2 Å². The van der Waals surface area contributed by atoms with Crippen molar-refractivity contribution in [2.75, 3.05) is 18.8 Å². The Morgan fingerprint density at radius 1 is 1.00 bits per heavy atom. The van der Waals surface area contributed by atoms with E-state index in [0.29, 0.717) is 6.42 Å². The number of amidine groups is 1. The monoisotopic (exact) mass is 367 g/mol. The van der Waals surface area contributed by atoms with Crippen LogP contribution in [0.25, 0.3) is 0 Å². The van der Waals surface area contributed by atoms with Crippen molar-refractivity contribution in [1.29, 1.82) is 0 Å². The van der Waals surface area contributed by atoms with Crippen molar-refractivity contribution >= 4 is 16.1 Å². The summed E-state index contributed by atoms with van der Waals surface area (Å²) in [6, 6.07) is 20.9. The van der Waals surface area contributed by atoms with Gasteiger partial charge in [-0.1, -0.05) is 74.5 Å². The summed E-state index contributed by atoms with van der Waals surface area (Å²) in [5.74, 6) is 1.74. The van der Waals surface area contributed by atoms with E-state index >= 15 is 0 Å². The number of hydrogen-bond acceptors (Lipinski definition) is 3. The summed E-state index contributed by atoms with van der Waals surface area (Å²) in [5.41, 5.74) is 1.77. The SMILES string of the molecule is CC1(C)CN=C2N(C1)C(O)(Cc1ccccc1)C[S+]2Cc1ccccc1. The van der Waals surface area contributed by atoms with Crippen molar-refractivity contribution in [3.05, 3.63) is 71.8 Å². The van der Waals surface area contributed by atoms with E-state index in [2.05, 4.69) is 61.2 Å². The third-order valence-corrected chi connectivity index (χ3v) is 7.50. The van der Waals surface area contributed by atoms with Crippen LogP contribution in [0, 0.1) is 5.41 Å². The summed E-state index contributed by atoms with van der Waals surface area (Å²) in [6.07, 6.45) is 0.654. The van der Waals surface area contributed by atoms with E-state index in [4.69, 9.17) is 4.99 Å².